The molecular weight excluding hydrogens is 302 g/mol. The monoisotopic (exact) mass is 319 g/mol. The van der Waals surface area contributed by atoms with Crippen LogP contribution in [0.4, 0.5) is 10.5 Å². The third-order valence-corrected chi connectivity index (χ3v) is 3.89. The molecule has 0 aliphatic rings. The summed E-state index contributed by atoms with van der Waals surface area (Å²) in [6, 6.07) is 6.83. The molecule has 7 heteroatoms. The Morgan fingerprint density at radius 1 is 1.36 bits per heavy atom. The number of hydrogen-bond acceptors (Lipinski definition) is 5. The minimum atomic E-state index is -0.610. The van der Waals surface area contributed by atoms with Gasteiger partial charge >= 0.3 is 6.09 Å². The number of carbonyl (C=O) groups is 2. The number of carbonyl (C=O) groups excluding carboxylic acids is 2. The molecule has 0 saturated heterocycles. The molecule has 0 spiro atoms. The Morgan fingerprint density at radius 2 is 2.09 bits per heavy atom. The largest absolute Gasteiger partial charge is 0.453 e. The van der Waals surface area contributed by atoms with E-state index in [1.54, 1.807) is 53.7 Å². The smallest absolute Gasteiger partial charge is 0.411 e. The third-order valence-electron chi connectivity index (χ3n) is 2.99. The fourth-order valence-corrected chi connectivity index (χ4v) is 2.78. The first-order valence-electron chi connectivity index (χ1n) is 6.62. The maximum atomic E-state index is 12.6. The highest BCUT2D eigenvalue weighted by atomic mass is 32.1. The van der Waals surface area contributed by atoms with Crippen LogP contribution in [-0.2, 0) is 11.3 Å². The molecule has 0 radical (unpaired) electrons. The zero-order chi connectivity index (χ0) is 16.1. The second-order valence-corrected chi connectivity index (χ2v) is 5.99. The van der Waals surface area contributed by atoms with Crippen LogP contribution in [0, 0.1) is 6.92 Å². The molecule has 22 heavy (non-hydrogen) atoms. The number of aryl methyl sites for hydroxylation is 1. The van der Waals surface area contributed by atoms with Crippen molar-refractivity contribution in [1.82, 2.24) is 9.88 Å². The van der Waals surface area contributed by atoms with Crippen molar-refractivity contribution < 1.29 is 14.3 Å². The minimum absolute atomic E-state index is 0.182. The van der Waals surface area contributed by atoms with Crippen LogP contribution in [0.5, 0.6) is 0 Å². The van der Waals surface area contributed by atoms with Gasteiger partial charge in [0.1, 0.15) is 0 Å². The highest BCUT2D eigenvalue weighted by Crippen LogP contribution is 2.19. The molecule has 2 amide bonds. The van der Waals surface area contributed by atoms with Crippen molar-refractivity contribution in [1.29, 1.82) is 0 Å². The summed E-state index contributed by atoms with van der Waals surface area (Å²) in [6.07, 6.45) is 1.16. The quantitative estimate of drug-likeness (QED) is 0.940. The molecular formula is C15H17N3O3S. The van der Waals surface area contributed by atoms with E-state index < -0.39 is 6.09 Å². The van der Waals surface area contributed by atoms with Gasteiger partial charge in [0.2, 0.25) is 0 Å². The Hall–Kier alpha value is -2.41. The Kier molecular flexibility index (Phi) is 5.11. The molecule has 1 aromatic carbocycles. The van der Waals surface area contributed by atoms with Crippen LogP contribution in [-0.4, -0.2) is 36.0 Å². The van der Waals surface area contributed by atoms with E-state index in [1.807, 2.05) is 6.92 Å². The van der Waals surface area contributed by atoms with Crippen LogP contribution in [0.3, 0.4) is 0 Å². The molecule has 0 saturated carbocycles. The van der Waals surface area contributed by atoms with Crippen molar-refractivity contribution in [2.24, 2.45) is 0 Å². The van der Waals surface area contributed by atoms with Gasteiger partial charge in [0, 0.05) is 18.1 Å². The summed E-state index contributed by atoms with van der Waals surface area (Å²) in [6.45, 7) is 2.39. The van der Waals surface area contributed by atoms with Gasteiger partial charge in [-0.05, 0) is 19.1 Å². The van der Waals surface area contributed by atoms with Gasteiger partial charge < -0.3 is 9.64 Å². The van der Waals surface area contributed by atoms with Crippen LogP contribution in [0.25, 0.3) is 0 Å². The summed E-state index contributed by atoms with van der Waals surface area (Å²) in [4.78, 5) is 30.7. The molecule has 1 N–H and O–H groups in total. The lowest BCUT2D eigenvalue weighted by Gasteiger charge is -2.18. The van der Waals surface area contributed by atoms with Gasteiger partial charge in [-0.3, -0.25) is 10.1 Å². The first-order chi connectivity index (χ1) is 10.5. The number of benzene rings is 1. The molecule has 1 aromatic heterocycles. The topological polar surface area (TPSA) is 71.5 Å². The second-order valence-electron chi connectivity index (χ2n) is 4.67. The highest BCUT2D eigenvalue weighted by molar-refractivity contribution is 7.11. The van der Waals surface area contributed by atoms with Crippen molar-refractivity contribution in [3.8, 4) is 0 Å². The van der Waals surface area contributed by atoms with Crippen LogP contribution < -0.4 is 5.32 Å². The number of para-hydroxylation sites is 1. The first-order valence-corrected chi connectivity index (χ1v) is 7.43. The first kappa shape index (κ1) is 16.0. The summed E-state index contributed by atoms with van der Waals surface area (Å²) in [5.41, 5.74) is 0.836. The molecule has 116 valence electrons. The average Bonchev–Trinajstić information content (AvgIpc) is 2.92. The van der Waals surface area contributed by atoms with Crippen molar-refractivity contribution in [3.63, 3.8) is 0 Å². The van der Waals surface area contributed by atoms with Crippen molar-refractivity contribution in [2.75, 3.05) is 19.5 Å². The van der Waals surface area contributed by atoms with Gasteiger partial charge in [-0.25, -0.2) is 9.78 Å². The fourth-order valence-electron chi connectivity index (χ4n) is 1.93. The summed E-state index contributed by atoms with van der Waals surface area (Å²) < 4.78 is 4.57. The third kappa shape index (κ3) is 3.82. The van der Waals surface area contributed by atoms with E-state index in [0.717, 1.165) is 9.88 Å². The fraction of sp³-hybridized carbons (Fsp3) is 0.267. The van der Waals surface area contributed by atoms with E-state index in [1.165, 1.54) is 7.11 Å². The number of anilines is 1. The van der Waals surface area contributed by atoms with E-state index in [9.17, 15) is 9.59 Å². The lowest BCUT2D eigenvalue weighted by Crippen LogP contribution is -2.27. The van der Waals surface area contributed by atoms with Gasteiger partial charge in [0.05, 0.1) is 29.9 Å². The predicted molar refractivity (Wildman–Crippen MR) is 85.1 cm³/mol. The molecule has 0 atom stereocenters. The zero-order valence-electron chi connectivity index (χ0n) is 12.6. The van der Waals surface area contributed by atoms with E-state index in [2.05, 4.69) is 15.0 Å². The number of nitrogens with one attached hydrogen (secondary N) is 1. The Labute approximate surface area is 132 Å². The molecule has 0 aliphatic carbocycles. The standard InChI is InChI=1S/C15H17N3O3S/c1-10-16-8-11(22-10)9-18(2)14(19)12-6-4-5-7-13(12)17-15(20)21-3/h4-8H,9H2,1-3H3,(H,17,20). The lowest BCUT2D eigenvalue weighted by atomic mass is 10.1. The van der Waals surface area contributed by atoms with E-state index in [-0.39, 0.29) is 5.91 Å². The molecule has 1 heterocycles. The summed E-state index contributed by atoms with van der Waals surface area (Å²) in [5.74, 6) is -0.182. The number of aromatic nitrogens is 1. The maximum Gasteiger partial charge on any atom is 0.411 e. The Balaban J connectivity index is 2.16. The summed E-state index contributed by atoms with van der Waals surface area (Å²) in [7, 11) is 2.99. The maximum absolute atomic E-state index is 12.6. The molecule has 6 nitrogen and oxygen atoms in total. The molecule has 0 unspecified atom stereocenters. The zero-order valence-corrected chi connectivity index (χ0v) is 13.4. The highest BCUT2D eigenvalue weighted by Gasteiger charge is 2.17. The SMILES string of the molecule is COC(=O)Nc1ccccc1C(=O)N(C)Cc1cnc(C)s1. The number of nitrogens with zero attached hydrogens (tertiary/aromatic N) is 2. The van der Waals surface area contributed by atoms with Gasteiger partial charge in [0.25, 0.3) is 5.91 Å². The van der Waals surface area contributed by atoms with Crippen LogP contribution in [0.15, 0.2) is 30.5 Å². The van der Waals surface area contributed by atoms with Gasteiger partial charge in [-0.15, -0.1) is 11.3 Å². The van der Waals surface area contributed by atoms with Gasteiger partial charge in [-0.1, -0.05) is 12.1 Å². The van der Waals surface area contributed by atoms with Crippen molar-refractivity contribution in [2.45, 2.75) is 13.5 Å². The van der Waals surface area contributed by atoms with E-state index in [0.29, 0.717) is 17.8 Å². The van der Waals surface area contributed by atoms with Gasteiger partial charge in [-0.2, -0.15) is 0 Å². The number of ether oxygens (including phenoxy) is 1. The molecule has 0 aliphatic heterocycles. The normalized spacial score (nSPS) is 10.1. The Bertz CT molecular complexity index is 684. The van der Waals surface area contributed by atoms with Crippen molar-refractivity contribution >= 4 is 29.0 Å². The summed E-state index contributed by atoms with van der Waals surface area (Å²) in [5, 5.41) is 3.51. The number of amides is 2. The molecule has 0 fully saturated rings. The van der Waals surface area contributed by atoms with Crippen LogP contribution in [0.2, 0.25) is 0 Å². The summed E-state index contributed by atoms with van der Waals surface area (Å²) >= 11 is 1.55. The number of rotatable bonds is 4. The minimum Gasteiger partial charge on any atom is -0.453 e. The number of thiazole rings is 1. The van der Waals surface area contributed by atoms with Gasteiger partial charge in [0.15, 0.2) is 0 Å². The lowest BCUT2D eigenvalue weighted by molar-refractivity contribution is 0.0787. The average molecular weight is 319 g/mol. The Morgan fingerprint density at radius 3 is 2.73 bits per heavy atom. The van der Waals surface area contributed by atoms with E-state index >= 15 is 0 Å². The molecule has 2 rings (SSSR count). The molecule has 2 aromatic rings. The number of methoxy groups -OCH3 is 1. The number of hydrogen-bond donors (Lipinski definition) is 1. The second kappa shape index (κ2) is 7.04. The van der Waals surface area contributed by atoms with Crippen LogP contribution >= 0.6 is 11.3 Å². The van der Waals surface area contributed by atoms with E-state index in [4.69, 9.17) is 0 Å². The van der Waals surface area contributed by atoms with Crippen molar-refractivity contribution in [3.05, 3.63) is 45.9 Å². The van der Waals surface area contributed by atoms with Crippen LogP contribution in [0.1, 0.15) is 20.2 Å². The molecule has 0 bridgehead atoms. The predicted octanol–water partition coefficient (Wildman–Crippen LogP) is 2.90.